The molecule has 1 saturated carbocycles. The number of anilines is 1. The molecular weight excluding hydrogens is 342 g/mol. The Morgan fingerprint density at radius 1 is 1.08 bits per heavy atom. The molecule has 0 N–H and O–H groups in total. The number of hydrogen-bond donors (Lipinski definition) is 0. The van der Waals surface area contributed by atoms with E-state index in [1.165, 1.54) is 34.2 Å². The van der Waals surface area contributed by atoms with Crippen LogP contribution >= 0.6 is 11.3 Å². The van der Waals surface area contributed by atoms with E-state index < -0.39 is 0 Å². The highest BCUT2D eigenvalue weighted by atomic mass is 32.1. The first-order chi connectivity index (χ1) is 12.7. The van der Waals surface area contributed by atoms with Gasteiger partial charge in [0.25, 0.3) is 5.91 Å². The Kier molecular flexibility index (Phi) is 3.78. The van der Waals surface area contributed by atoms with E-state index in [1.54, 1.807) is 11.3 Å². The van der Waals surface area contributed by atoms with Gasteiger partial charge in [0, 0.05) is 55.7 Å². The SMILES string of the molecule is Cc1ccccc1N1CCN(C(=O)c2cc3cn(C4CC4)cc3s2)CC1. The summed E-state index contributed by atoms with van der Waals surface area (Å²) in [4.78, 5) is 18.2. The molecule has 134 valence electrons. The Labute approximate surface area is 157 Å². The molecule has 0 radical (unpaired) electrons. The Morgan fingerprint density at radius 3 is 2.54 bits per heavy atom. The summed E-state index contributed by atoms with van der Waals surface area (Å²) in [5.74, 6) is 0.189. The standard InChI is InChI=1S/C21H23N3OS/c1-15-4-2-3-5-18(15)22-8-10-23(11-9-22)21(25)19-12-16-13-24(17-6-7-17)14-20(16)26-19/h2-5,12-14,17H,6-11H2,1H3. The lowest BCUT2D eigenvalue weighted by molar-refractivity contribution is 0.0751. The number of hydrogen-bond acceptors (Lipinski definition) is 3. The minimum atomic E-state index is 0.189. The van der Waals surface area contributed by atoms with Gasteiger partial charge in [0.05, 0.1) is 9.58 Å². The lowest BCUT2D eigenvalue weighted by Gasteiger charge is -2.36. The van der Waals surface area contributed by atoms with E-state index in [-0.39, 0.29) is 5.91 Å². The number of benzene rings is 1. The fraction of sp³-hybridized carbons (Fsp3) is 0.381. The highest BCUT2D eigenvalue weighted by Crippen LogP contribution is 2.38. The predicted molar refractivity (Wildman–Crippen MR) is 107 cm³/mol. The van der Waals surface area contributed by atoms with Crippen molar-refractivity contribution < 1.29 is 4.79 Å². The lowest BCUT2D eigenvalue weighted by atomic mass is 10.1. The fourth-order valence-corrected chi connectivity index (χ4v) is 4.91. The number of para-hydroxylation sites is 1. The van der Waals surface area contributed by atoms with Gasteiger partial charge in [-0.25, -0.2) is 0 Å². The molecule has 0 bridgehead atoms. The number of aromatic nitrogens is 1. The van der Waals surface area contributed by atoms with Crippen molar-refractivity contribution in [3.63, 3.8) is 0 Å². The maximum absolute atomic E-state index is 12.9. The monoisotopic (exact) mass is 365 g/mol. The van der Waals surface area contributed by atoms with Gasteiger partial charge in [-0.2, -0.15) is 0 Å². The average molecular weight is 366 g/mol. The van der Waals surface area contributed by atoms with Crippen LogP contribution in [0.1, 0.15) is 34.1 Å². The molecule has 0 spiro atoms. The number of carbonyl (C=O) groups excluding carboxylic acids is 1. The zero-order chi connectivity index (χ0) is 17.7. The summed E-state index contributed by atoms with van der Waals surface area (Å²) >= 11 is 1.64. The number of aryl methyl sites for hydroxylation is 1. The molecule has 2 fully saturated rings. The van der Waals surface area contributed by atoms with Gasteiger partial charge >= 0.3 is 0 Å². The van der Waals surface area contributed by atoms with E-state index in [4.69, 9.17) is 0 Å². The molecule has 1 aliphatic heterocycles. The van der Waals surface area contributed by atoms with Crippen molar-refractivity contribution in [3.8, 4) is 0 Å². The molecule has 0 atom stereocenters. The van der Waals surface area contributed by atoms with Gasteiger partial charge in [-0.3, -0.25) is 4.79 Å². The zero-order valence-corrected chi connectivity index (χ0v) is 15.8. The second kappa shape index (κ2) is 6.16. The van der Waals surface area contributed by atoms with Crippen molar-refractivity contribution in [3.05, 3.63) is 53.2 Å². The summed E-state index contributed by atoms with van der Waals surface area (Å²) < 4.78 is 3.55. The van der Waals surface area contributed by atoms with Gasteiger partial charge < -0.3 is 14.4 Å². The average Bonchev–Trinajstić information content (AvgIpc) is 3.32. The van der Waals surface area contributed by atoms with Crippen molar-refractivity contribution in [1.82, 2.24) is 9.47 Å². The number of amides is 1. The molecule has 5 heteroatoms. The Balaban J connectivity index is 1.28. The van der Waals surface area contributed by atoms with Crippen LogP contribution in [0.4, 0.5) is 5.69 Å². The van der Waals surface area contributed by atoms with E-state index in [2.05, 4.69) is 59.1 Å². The van der Waals surface area contributed by atoms with Gasteiger partial charge in [-0.1, -0.05) is 18.2 Å². The van der Waals surface area contributed by atoms with E-state index in [1.807, 2.05) is 4.90 Å². The minimum Gasteiger partial charge on any atom is -0.368 e. The summed E-state index contributed by atoms with van der Waals surface area (Å²) in [6.45, 7) is 5.53. The quantitative estimate of drug-likeness (QED) is 0.692. The summed E-state index contributed by atoms with van der Waals surface area (Å²) in [6, 6.07) is 11.3. The van der Waals surface area contributed by atoms with Crippen LogP contribution in [0.3, 0.4) is 0 Å². The van der Waals surface area contributed by atoms with E-state index in [0.717, 1.165) is 31.1 Å². The van der Waals surface area contributed by atoms with Crippen molar-refractivity contribution in [2.75, 3.05) is 31.1 Å². The summed E-state index contributed by atoms with van der Waals surface area (Å²) in [5, 5.41) is 1.21. The van der Waals surface area contributed by atoms with Gasteiger partial charge in [0.15, 0.2) is 0 Å². The molecule has 2 aromatic heterocycles. The second-order valence-corrected chi connectivity index (χ2v) is 8.52. The summed E-state index contributed by atoms with van der Waals surface area (Å²) in [7, 11) is 0. The normalized spacial score (nSPS) is 17.9. The smallest absolute Gasteiger partial charge is 0.264 e. The largest absolute Gasteiger partial charge is 0.368 e. The number of carbonyl (C=O) groups is 1. The number of piperazine rings is 1. The second-order valence-electron chi connectivity index (χ2n) is 7.43. The Bertz CT molecular complexity index is 929. The topological polar surface area (TPSA) is 28.5 Å². The number of nitrogens with zero attached hydrogens (tertiary/aromatic N) is 3. The molecule has 1 saturated heterocycles. The molecule has 5 rings (SSSR count). The third kappa shape index (κ3) is 2.80. The molecule has 4 nitrogen and oxygen atoms in total. The van der Waals surface area contributed by atoms with Crippen LogP contribution in [-0.2, 0) is 0 Å². The van der Waals surface area contributed by atoms with Gasteiger partial charge in [0.2, 0.25) is 0 Å². The molecule has 1 amide bonds. The molecule has 3 heterocycles. The van der Waals surface area contributed by atoms with Crippen molar-refractivity contribution in [1.29, 1.82) is 0 Å². The van der Waals surface area contributed by atoms with E-state index >= 15 is 0 Å². The minimum absolute atomic E-state index is 0.189. The van der Waals surface area contributed by atoms with Gasteiger partial charge in [-0.05, 0) is 37.5 Å². The third-order valence-corrected chi connectivity index (χ3v) is 6.62. The van der Waals surface area contributed by atoms with E-state index in [0.29, 0.717) is 6.04 Å². The van der Waals surface area contributed by atoms with Crippen LogP contribution in [0.5, 0.6) is 0 Å². The first-order valence-electron chi connectivity index (χ1n) is 9.40. The van der Waals surface area contributed by atoms with Crippen molar-refractivity contribution in [2.45, 2.75) is 25.8 Å². The highest BCUT2D eigenvalue weighted by Gasteiger charge is 2.26. The fourth-order valence-electron chi connectivity index (χ4n) is 3.87. The Hall–Kier alpha value is -2.27. The molecule has 26 heavy (non-hydrogen) atoms. The van der Waals surface area contributed by atoms with Gasteiger partial charge in [-0.15, -0.1) is 11.3 Å². The van der Waals surface area contributed by atoms with Crippen LogP contribution in [0, 0.1) is 6.92 Å². The van der Waals surface area contributed by atoms with Crippen molar-refractivity contribution in [2.24, 2.45) is 0 Å². The first-order valence-corrected chi connectivity index (χ1v) is 10.2. The number of thiophene rings is 1. The van der Waals surface area contributed by atoms with Crippen LogP contribution in [-0.4, -0.2) is 41.6 Å². The molecule has 3 aromatic rings. The van der Waals surface area contributed by atoms with Crippen molar-refractivity contribution >= 4 is 33.0 Å². The molecule has 2 aliphatic rings. The summed E-state index contributed by atoms with van der Waals surface area (Å²) in [5.41, 5.74) is 2.59. The molecule has 1 aromatic carbocycles. The lowest BCUT2D eigenvalue weighted by Crippen LogP contribution is -2.48. The third-order valence-electron chi connectivity index (χ3n) is 5.55. The maximum atomic E-state index is 12.9. The molecule has 0 unspecified atom stereocenters. The highest BCUT2D eigenvalue weighted by molar-refractivity contribution is 7.20. The number of rotatable bonds is 3. The van der Waals surface area contributed by atoms with Gasteiger partial charge in [0.1, 0.15) is 0 Å². The summed E-state index contributed by atoms with van der Waals surface area (Å²) in [6.07, 6.45) is 7.00. The van der Waals surface area contributed by atoms with Crippen LogP contribution in [0.15, 0.2) is 42.7 Å². The molecule has 1 aliphatic carbocycles. The van der Waals surface area contributed by atoms with Crippen LogP contribution in [0.2, 0.25) is 0 Å². The maximum Gasteiger partial charge on any atom is 0.264 e. The molecular formula is C21H23N3OS. The van der Waals surface area contributed by atoms with E-state index in [9.17, 15) is 4.79 Å². The first kappa shape index (κ1) is 15.9. The predicted octanol–water partition coefficient (Wildman–Crippen LogP) is 4.31. The zero-order valence-electron chi connectivity index (χ0n) is 15.0. The van der Waals surface area contributed by atoms with Crippen LogP contribution in [0.25, 0.3) is 10.1 Å². The van der Waals surface area contributed by atoms with Crippen LogP contribution < -0.4 is 4.90 Å². The number of fused-ring (bicyclic) bond motifs is 1. The Morgan fingerprint density at radius 2 is 1.85 bits per heavy atom.